The van der Waals surface area contributed by atoms with Gasteiger partial charge in [0.1, 0.15) is 11.5 Å². The van der Waals surface area contributed by atoms with Gasteiger partial charge in [0.15, 0.2) is 6.23 Å². The molecule has 0 radical (unpaired) electrons. The number of hydrogen-bond acceptors (Lipinski definition) is 7. The molecule has 1 saturated heterocycles. The number of pyridine rings is 1. The van der Waals surface area contributed by atoms with Crippen LogP contribution in [0.5, 0.6) is 0 Å². The zero-order chi connectivity index (χ0) is 23.8. The minimum absolute atomic E-state index is 0.0699. The summed E-state index contributed by atoms with van der Waals surface area (Å²) in [5, 5.41) is 6.29. The van der Waals surface area contributed by atoms with Gasteiger partial charge in [-0.15, -0.1) is 0 Å². The number of ether oxygens (including phenoxy) is 1. The Balaban J connectivity index is 1.51. The van der Waals surface area contributed by atoms with Gasteiger partial charge in [0, 0.05) is 23.7 Å². The quantitative estimate of drug-likeness (QED) is 0.496. The lowest BCUT2D eigenvalue weighted by Crippen LogP contribution is -2.37. The second kappa shape index (κ2) is 9.12. The first-order chi connectivity index (χ1) is 15.7. The molecule has 0 spiro atoms. The smallest absolute Gasteiger partial charge is 0.416 e. The van der Waals surface area contributed by atoms with Gasteiger partial charge in [-0.1, -0.05) is 52.9 Å². The third-order valence-corrected chi connectivity index (χ3v) is 5.18. The normalized spacial score (nSPS) is 16.1. The number of alkyl halides is 3. The molecule has 1 aliphatic heterocycles. The number of carbonyl (C=O) groups excluding carboxylic acids is 2. The second-order valence-corrected chi connectivity index (χ2v) is 9.20. The van der Waals surface area contributed by atoms with E-state index in [4.69, 9.17) is 44.1 Å². The molecule has 0 aliphatic carbocycles. The van der Waals surface area contributed by atoms with E-state index >= 15 is 0 Å². The van der Waals surface area contributed by atoms with Crippen molar-refractivity contribution in [1.29, 1.82) is 0 Å². The van der Waals surface area contributed by atoms with Crippen molar-refractivity contribution in [3.05, 3.63) is 48.2 Å². The second-order valence-electron chi connectivity index (χ2n) is 6.92. The molecule has 172 valence electrons. The van der Waals surface area contributed by atoms with Crippen molar-refractivity contribution >= 4 is 52.5 Å². The third-order valence-electron chi connectivity index (χ3n) is 4.69. The molecule has 4 rings (SSSR count). The summed E-state index contributed by atoms with van der Waals surface area (Å²) in [5.41, 5.74) is 1.37. The van der Waals surface area contributed by atoms with Gasteiger partial charge in [-0.3, -0.25) is 14.7 Å². The van der Waals surface area contributed by atoms with Crippen LogP contribution >= 0.6 is 34.8 Å². The minimum Gasteiger partial charge on any atom is -0.423 e. The molecule has 9 nitrogen and oxygen atoms in total. The van der Waals surface area contributed by atoms with E-state index in [0.717, 1.165) is 0 Å². The first-order valence-electron chi connectivity index (χ1n) is 9.60. The molecule has 3 heterocycles. The van der Waals surface area contributed by atoms with Gasteiger partial charge in [-0.2, -0.15) is 4.98 Å². The molecule has 13 heteroatoms. The van der Waals surface area contributed by atoms with Crippen LogP contribution < -0.4 is 10.2 Å². The number of halogens is 4. The number of benzene rings is 1. The fraction of sp³-hybridized carbons (Fsp3) is 0.250. The van der Waals surface area contributed by atoms with Gasteiger partial charge in [0.25, 0.3) is 9.68 Å². The number of hydrogen-bond donors (Lipinski definition) is 1. The van der Waals surface area contributed by atoms with Gasteiger partial charge in [0.2, 0.25) is 11.7 Å². The number of aromatic nitrogens is 3. The number of rotatable bonds is 5. The number of nitrogens with zero attached hydrogens (tertiary/aromatic N) is 4. The Morgan fingerprint density at radius 2 is 2.09 bits per heavy atom. The topological polar surface area (TPSA) is 110 Å². The number of carbonyl (C=O) groups is 2. The van der Waals surface area contributed by atoms with Crippen LogP contribution in [0.15, 0.2) is 41.1 Å². The summed E-state index contributed by atoms with van der Waals surface area (Å²) in [6.45, 7) is 1.75. The maximum Gasteiger partial charge on any atom is 0.416 e. The molecule has 1 unspecified atom stereocenters. The number of amides is 2. The fourth-order valence-electron chi connectivity index (χ4n) is 3.06. The van der Waals surface area contributed by atoms with Gasteiger partial charge >= 0.3 is 6.09 Å². The van der Waals surface area contributed by atoms with Crippen LogP contribution in [0.1, 0.15) is 19.2 Å². The van der Waals surface area contributed by atoms with E-state index in [9.17, 15) is 14.0 Å². The van der Waals surface area contributed by atoms with Crippen LogP contribution in [-0.2, 0) is 13.3 Å². The molecule has 33 heavy (non-hydrogen) atoms. The Bertz CT molecular complexity index is 1200. The Kier molecular flexibility index (Phi) is 6.42. The molecule has 1 aliphatic rings. The summed E-state index contributed by atoms with van der Waals surface area (Å²) in [4.78, 5) is 33.1. The standard InChI is InChI=1S/C20H15Cl3FN5O4/c1-2-15(30)26-16-9-29(19(31)32-16)11-4-5-12(13(24)7-11)10-3-6-14(25-8-10)17-27-18(33-28-17)20(21,22)23/h3-8,16H,2,9H2,1H3,(H,26,30). The summed E-state index contributed by atoms with van der Waals surface area (Å²) in [6.07, 6.45) is 0.213. The Labute approximate surface area is 201 Å². The Morgan fingerprint density at radius 3 is 2.70 bits per heavy atom. The molecule has 2 amide bonds. The molecular formula is C20H15Cl3FN5O4. The summed E-state index contributed by atoms with van der Waals surface area (Å²) < 4.78 is 23.0. The molecule has 1 aromatic carbocycles. The number of anilines is 1. The van der Waals surface area contributed by atoms with Crippen molar-refractivity contribution < 1.29 is 23.2 Å². The Hall–Kier alpha value is -2.95. The average Bonchev–Trinajstić information content (AvgIpc) is 3.41. The molecule has 0 saturated carbocycles. The third kappa shape index (κ3) is 5.02. The highest BCUT2D eigenvalue weighted by Gasteiger charge is 2.33. The van der Waals surface area contributed by atoms with Crippen molar-refractivity contribution in [2.24, 2.45) is 0 Å². The van der Waals surface area contributed by atoms with E-state index in [1.54, 1.807) is 25.1 Å². The molecule has 1 atom stereocenters. The van der Waals surface area contributed by atoms with Crippen LogP contribution in [0.2, 0.25) is 0 Å². The van der Waals surface area contributed by atoms with Crippen molar-refractivity contribution in [3.63, 3.8) is 0 Å². The highest BCUT2D eigenvalue weighted by Crippen LogP contribution is 2.37. The molecule has 1 N–H and O–H groups in total. The lowest BCUT2D eigenvalue weighted by molar-refractivity contribution is -0.123. The molecular weight excluding hydrogens is 500 g/mol. The SMILES string of the molecule is CCC(=O)NC1CN(c2ccc(-c3ccc(-c4noc(C(Cl)(Cl)Cl)n4)nc3)c(F)c2)C(=O)O1. The van der Waals surface area contributed by atoms with E-state index < -0.39 is 21.9 Å². The summed E-state index contributed by atoms with van der Waals surface area (Å²) in [7, 11) is 0. The maximum absolute atomic E-state index is 14.9. The van der Waals surface area contributed by atoms with Crippen molar-refractivity contribution in [2.75, 3.05) is 11.4 Å². The highest BCUT2D eigenvalue weighted by molar-refractivity contribution is 6.66. The van der Waals surface area contributed by atoms with Gasteiger partial charge in [-0.25, -0.2) is 9.18 Å². The molecule has 1 fully saturated rings. The van der Waals surface area contributed by atoms with Gasteiger partial charge in [-0.05, 0) is 24.3 Å². The zero-order valence-electron chi connectivity index (χ0n) is 16.9. The van der Waals surface area contributed by atoms with Crippen molar-refractivity contribution in [3.8, 4) is 22.6 Å². The van der Waals surface area contributed by atoms with E-state index in [2.05, 4.69) is 20.4 Å². The van der Waals surface area contributed by atoms with Crippen LogP contribution in [0.4, 0.5) is 14.9 Å². The highest BCUT2D eigenvalue weighted by atomic mass is 35.6. The lowest BCUT2D eigenvalue weighted by Gasteiger charge is -2.14. The van der Waals surface area contributed by atoms with E-state index in [1.807, 2.05) is 0 Å². The predicted molar refractivity (Wildman–Crippen MR) is 118 cm³/mol. The van der Waals surface area contributed by atoms with E-state index in [-0.39, 0.29) is 36.2 Å². The van der Waals surface area contributed by atoms with Crippen LogP contribution in [0.3, 0.4) is 0 Å². The van der Waals surface area contributed by atoms with Crippen molar-refractivity contribution in [2.45, 2.75) is 23.4 Å². The number of cyclic esters (lactones) is 1. The maximum atomic E-state index is 14.9. The average molecular weight is 515 g/mol. The minimum atomic E-state index is -1.86. The molecule has 3 aromatic rings. The van der Waals surface area contributed by atoms with Gasteiger partial charge < -0.3 is 14.6 Å². The first-order valence-corrected chi connectivity index (χ1v) is 10.7. The van der Waals surface area contributed by atoms with Crippen LogP contribution in [0, 0.1) is 5.82 Å². The monoisotopic (exact) mass is 513 g/mol. The zero-order valence-corrected chi connectivity index (χ0v) is 19.2. The van der Waals surface area contributed by atoms with Gasteiger partial charge in [0.05, 0.1) is 12.2 Å². The lowest BCUT2D eigenvalue weighted by atomic mass is 10.1. The van der Waals surface area contributed by atoms with Crippen molar-refractivity contribution in [1.82, 2.24) is 20.4 Å². The first kappa shape index (κ1) is 23.2. The summed E-state index contributed by atoms with van der Waals surface area (Å²) in [5.74, 6) is -0.923. The molecule has 2 aromatic heterocycles. The van der Waals surface area contributed by atoms with Crippen LogP contribution in [-0.4, -0.2) is 39.9 Å². The van der Waals surface area contributed by atoms with Crippen LogP contribution in [0.25, 0.3) is 22.6 Å². The van der Waals surface area contributed by atoms with E-state index in [0.29, 0.717) is 16.9 Å². The largest absolute Gasteiger partial charge is 0.423 e. The fourth-order valence-corrected chi connectivity index (χ4v) is 3.29. The summed E-state index contributed by atoms with van der Waals surface area (Å²) in [6, 6.07) is 7.48. The summed E-state index contributed by atoms with van der Waals surface area (Å²) >= 11 is 17.1. The Morgan fingerprint density at radius 1 is 1.30 bits per heavy atom. The van der Waals surface area contributed by atoms with E-state index in [1.165, 1.54) is 23.2 Å². The molecule has 0 bridgehead atoms. The number of nitrogens with one attached hydrogen (secondary N) is 1. The predicted octanol–water partition coefficient (Wildman–Crippen LogP) is 4.57.